The molecule has 1 aliphatic rings. The average Bonchev–Trinajstić information content (AvgIpc) is 3.46. The van der Waals surface area contributed by atoms with Crippen molar-refractivity contribution in [2.24, 2.45) is 0 Å². The second kappa shape index (κ2) is 10.2. The number of anilines is 3. The fraction of sp³-hybridized carbons (Fsp3) is 0.261. The van der Waals surface area contributed by atoms with Crippen molar-refractivity contribution in [1.29, 1.82) is 0 Å². The van der Waals surface area contributed by atoms with Crippen molar-refractivity contribution in [3.8, 4) is 0 Å². The standard InChI is InChI=1S/C23H24N6OS2/c1-3-7-18(8-4-1)15-29-22(28-11-13-30-14-12-28)26-27-23(29)32-17-20-16-31-21(25-20)24-19-9-5-2-6-10-19/h1-10,16H,11-15,17H2,(H,24,25). The number of nitrogens with one attached hydrogen (secondary N) is 1. The van der Waals surface area contributed by atoms with E-state index in [1.807, 2.05) is 36.4 Å². The van der Waals surface area contributed by atoms with Gasteiger partial charge in [0.2, 0.25) is 5.95 Å². The number of benzene rings is 2. The molecule has 32 heavy (non-hydrogen) atoms. The molecule has 0 spiro atoms. The average molecular weight is 465 g/mol. The highest BCUT2D eigenvalue weighted by Gasteiger charge is 2.21. The summed E-state index contributed by atoms with van der Waals surface area (Å²) in [4.78, 5) is 6.99. The summed E-state index contributed by atoms with van der Waals surface area (Å²) < 4.78 is 7.73. The van der Waals surface area contributed by atoms with Gasteiger partial charge in [-0.05, 0) is 17.7 Å². The fourth-order valence-corrected chi connectivity index (χ4v) is 5.16. The zero-order valence-corrected chi connectivity index (χ0v) is 19.2. The molecule has 7 nitrogen and oxygen atoms in total. The Morgan fingerprint density at radius 2 is 1.72 bits per heavy atom. The second-order valence-electron chi connectivity index (χ2n) is 7.38. The zero-order chi connectivity index (χ0) is 21.6. The van der Waals surface area contributed by atoms with Gasteiger partial charge in [-0.1, -0.05) is 60.3 Å². The molecular formula is C23H24N6OS2. The van der Waals surface area contributed by atoms with Crippen molar-refractivity contribution < 1.29 is 4.74 Å². The molecule has 1 aliphatic heterocycles. The molecule has 1 N–H and O–H groups in total. The van der Waals surface area contributed by atoms with Gasteiger partial charge in [-0.2, -0.15) is 0 Å². The van der Waals surface area contributed by atoms with Gasteiger partial charge in [-0.15, -0.1) is 21.5 Å². The number of nitrogens with zero attached hydrogens (tertiary/aromatic N) is 5. The van der Waals surface area contributed by atoms with Crippen LogP contribution in [0.25, 0.3) is 0 Å². The van der Waals surface area contributed by atoms with E-state index in [1.165, 1.54) is 5.56 Å². The zero-order valence-electron chi connectivity index (χ0n) is 17.6. The van der Waals surface area contributed by atoms with Crippen molar-refractivity contribution in [2.45, 2.75) is 17.5 Å². The molecule has 0 bridgehead atoms. The summed E-state index contributed by atoms with van der Waals surface area (Å²) in [6.45, 7) is 3.84. The third-order valence-corrected chi connectivity index (χ3v) is 6.91. The van der Waals surface area contributed by atoms with Crippen LogP contribution in [0.5, 0.6) is 0 Å². The highest BCUT2D eigenvalue weighted by molar-refractivity contribution is 7.98. The Balaban J connectivity index is 1.31. The van der Waals surface area contributed by atoms with Gasteiger partial charge in [-0.25, -0.2) is 4.98 Å². The minimum absolute atomic E-state index is 0.719. The van der Waals surface area contributed by atoms with Crippen molar-refractivity contribution in [3.05, 3.63) is 77.3 Å². The van der Waals surface area contributed by atoms with E-state index in [0.29, 0.717) is 0 Å². The SMILES string of the molecule is c1ccc(Cn2c(SCc3csc(Nc4ccccc4)n3)nnc2N2CCOCC2)cc1. The molecule has 1 fully saturated rings. The molecule has 164 valence electrons. The Labute approximate surface area is 195 Å². The lowest BCUT2D eigenvalue weighted by Crippen LogP contribution is -2.38. The lowest BCUT2D eigenvalue weighted by atomic mass is 10.2. The Kier molecular flexibility index (Phi) is 6.66. The van der Waals surface area contributed by atoms with Crippen LogP contribution in [0.15, 0.2) is 71.2 Å². The molecular weight excluding hydrogens is 440 g/mol. The number of hydrogen-bond donors (Lipinski definition) is 1. The number of hydrogen-bond acceptors (Lipinski definition) is 8. The van der Waals surface area contributed by atoms with E-state index in [-0.39, 0.29) is 0 Å². The largest absolute Gasteiger partial charge is 0.378 e. The summed E-state index contributed by atoms with van der Waals surface area (Å²) in [5.74, 6) is 1.65. The summed E-state index contributed by atoms with van der Waals surface area (Å²) in [7, 11) is 0. The smallest absolute Gasteiger partial charge is 0.228 e. The molecule has 0 unspecified atom stereocenters. The van der Waals surface area contributed by atoms with E-state index in [9.17, 15) is 0 Å². The summed E-state index contributed by atoms with van der Waals surface area (Å²) in [5, 5.41) is 16.3. The van der Waals surface area contributed by atoms with E-state index < -0.39 is 0 Å². The van der Waals surface area contributed by atoms with Crippen molar-refractivity contribution in [3.63, 3.8) is 0 Å². The maximum atomic E-state index is 5.52. The van der Waals surface area contributed by atoms with Crippen LogP contribution in [0.4, 0.5) is 16.8 Å². The lowest BCUT2D eigenvalue weighted by molar-refractivity contribution is 0.121. The Bertz CT molecular complexity index is 1130. The minimum atomic E-state index is 0.719. The predicted molar refractivity (Wildman–Crippen MR) is 130 cm³/mol. The second-order valence-corrected chi connectivity index (χ2v) is 9.18. The maximum absolute atomic E-state index is 5.52. The third kappa shape index (κ3) is 5.12. The number of thiazole rings is 1. The van der Waals surface area contributed by atoms with Gasteiger partial charge in [0, 0.05) is 29.9 Å². The molecule has 3 heterocycles. The summed E-state index contributed by atoms with van der Waals surface area (Å²) in [6.07, 6.45) is 0. The molecule has 0 amide bonds. The summed E-state index contributed by atoms with van der Waals surface area (Å²) in [5.41, 5.74) is 3.30. The molecule has 4 aromatic rings. The maximum Gasteiger partial charge on any atom is 0.228 e. The van der Waals surface area contributed by atoms with Gasteiger partial charge < -0.3 is 15.0 Å². The fourth-order valence-electron chi connectivity index (χ4n) is 3.50. The monoisotopic (exact) mass is 464 g/mol. The number of ether oxygens (including phenoxy) is 1. The van der Waals surface area contributed by atoms with E-state index in [4.69, 9.17) is 9.72 Å². The predicted octanol–water partition coefficient (Wildman–Crippen LogP) is 4.66. The first-order valence-electron chi connectivity index (χ1n) is 10.5. The van der Waals surface area contributed by atoms with Crippen LogP contribution < -0.4 is 10.2 Å². The van der Waals surface area contributed by atoms with Crippen LogP contribution >= 0.6 is 23.1 Å². The molecule has 0 saturated carbocycles. The van der Waals surface area contributed by atoms with Crippen LogP contribution in [-0.4, -0.2) is 46.1 Å². The van der Waals surface area contributed by atoms with Crippen molar-refractivity contribution >= 4 is 39.9 Å². The van der Waals surface area contributed by atoms with Gasteiger partial charge in [0.05, 0.1) is 25.5 Å². The number of aromatic nitrogens is 4. The van der Waals surface area contributed by atoms with Crippen LogP contribution in [0.1, 0.15) is 11.3 Å². The van der Waals surface area contributed by atoms with Crippen molar-refractivity contribution in [2.75, 3.05) is 36.5 Å². The van der Waals surface area contributed by atoms with E-state index in [2.05, 4.69) is 54.6 Å². The Morgan fingerprint density at radius 3 is 2.50 bits per heavy atom. The summed E-state index contributed by atoms with van der Waals surface area (Å²) >= 11 is 3.29. The topological polar surface area (TPSA) is 68.1 Å². The number of thioether (sulfide) groups is 1. The molecule has 9 heteroatoms. The highest BCUT2D eigenvalue weighted by atomic mass is 32.2. The number of para-hydroxylation sites is 1. The van der Waals surface area contributed by atoms with Gasteiger partial charge >= 0.3 is 0 Å². The van der Waals surface area contributed by atoms with Gasteiger partial charge in [0.15, 0.2) is 10.3 Å². The van der Waals surface area contributed by atoms with Crippen LogP contribution in [0, 0.1) is 0 Å². The molecule has 1 saturated heterocycles. The van der Waals surface area contributed by atoms with Crippen LogP contribution in [0.3, 0.4) is 0 Å². The van der Waals surface area contributed by atoms with E-state index in [1.54, 1.807) is 23.1 Å². The molecule has 5 rings (SSSR count). The van der Waals surface area contributed by atoms with Gasteiger partial charge in [-0.3, -0.25) is 4.57 Å². The van der Waals surface area contributed by atoms with Crippen molar-refractivity contribution in [1.82, 2.24) is 19.7 Å². The Hall–Kier alpha value is -2.88. The lowest BCUT2D eigenvalue weighted by Gasteiger charge is -2.28. The number of morpholine rings is 1. The molecule has 2 aromatic carbocycles. The molecule has 0 atom stereocenters. The first-order valence-corrected chi connectivity index (χ1v) is 12.4. The van der Waals surface area contributed by atoms with E-state index in [0.717, 1.165) is 66.2 Å². The van der Waals surface area contributed by atoms with Gasteiger partial charge in [0.1, 0.15) is 0 Å². The molecule has 2 aromatic heterocycles. The molecule has 0 aliphatic carbocycles. The number of rotatable bonds is 8. The van der Waals surface area contributed by atoms with Crippen LogP contribution in [0.2, 0.25) is 0 Å². The van der Waals surface area contributed by atoms with E-state index >= 15 is 0 Å². The normalized spacial score (nSPS) is 13.9. The molecule has 0 radical (unpaired) electrons. The quantitative estimate of drug-likeness (QED) is 0.381. The minimum Gasteiger partial charge on any atom is -0.378 e. The summed E-state index contributed by atoms with van der Waals surface area (Å²) in [6, 6.07) is 20.6. The highest BCUT2D eigenvalue weighted by Crippen LogP contribution is 2.29. The van der Waals surface area contributed by atoms with Gasteiger partial charge in [0.25, 0.3) is 0 Å². The Morgan fingerprint density at radius 1 is 0.969 bits per heavy atom. The third-order valence-electron chi connectivity index (χ3n) is 5.10. The van der Waals surface area contributed by atoms with Crippen LogP contribution in [-0.2, 0) is 17.0 Å². The first-order chi connectivity index (χ1) is 15.8. The first kappa shape index (κ1) is 21.0.